The van der Waals surface area contributed by atoms with Crippen LogP contribution >= 0.6 is 0 Å². The third-order valence-electron chi connectivity index (χ3n) is 5.60. The molecule has 3 aliphatic rings. The molecule has 19 heavy (non-hydrogen) atoms. The van der Waals surface area contributed by atoms with Gasteiger partial charge in [0.2, 0.25) is 0 Å². The minimum absolute atomic E-state index is 0.141. The molecule has 0 aromatic carbocycles. The van der Waals surface area contributed by atoms with Crippen LogP contribution in [0.5, 0.6) is 0 Å². The molecule has 1 fully saturated rings. The van der Waals surface area contributed by atoms with Gasteiger partial charge in [0.05, 0.1) is 6.10 Å². The van der Waals surface area contributed by atoms with Gasteiger partial charge in [-0.25, -0.2) is 0 Å². The molecule has 2 atom stereocenters. The summed E-state index contributed by atoms with van der Waals surface area (Å²) in [5.74, 6) is 0.363. The molecule has 0 N–H and O–H groups in total. The molecule has 2 bridgehead atoms. The van der Waals surface area contributed by atoms with Crippen molar-refractivity contribution in [3.8, 4) is 0 Å². The van der Waals surface area contributed by atoms with Crippen molar-refractivity contribution < 1.29 is 9.53 Å². The molecule has 2 aliphatic heterocycles. The van der Waals surface area contributed by atoms with Crippen molar-refractivity contribution in [3.63, 3.8) is 0 Å². The van der Waals surface area contributed by atoms with Gasteiger partial charge in [0, 0.05) is 11.8 Å². The Morgan fingerprint density at radius 2 is 1.95 bits per heavy atom. The van der Waals surface area contributed by atoms with E-state index in [1.807, 2.05) is 0 Å². The lowest BCUT2D eigenvalue weighted by atomic mass is 9.65. The Bertz CT molecular complexity index is 433. The molecule has 0 spiro atoms. The van der Waals surface area contributed by atoms with Crippen LogP contribution in [0.2, 0.25) is 0 Å². The number of carbonyl (C=O) groups excluding carboxylic acids is 1. The van der Waals surface area contributed by atoms with Gasteiger partial charge in [-0.3, -0.25) is 4.79 Å². The van der Waals surface area contributed by atoms with E-state index in [0.717, 1.165) is 32.1 Å². The van der Waals surface area contributed by atoms with Crippen molar-refractivity contribution in [2.45, 2.75) is 83.8 Å². The van der Waals surface area contributed by atoms with Gasteiger partial charge in [-0.05, 0) is 37.7 Å². The first-order valence-corrected chi connectivity index (χ1v) is 7.96. The van der Waals surface area contributed by atoms with Crippen LogP contribution in [0, 0.1) is 5.41 Å². The molecule has 3 rings (SSSR count). The van der Waals surface area contributed by atoms with Gasteiger partial charge < -0.3 is 4.74 Å². The molecule has 1 saturated heterocycles. The summed E-state index contributed by atoms with van der Waals surface area (Å²) in [5.41, 5.74) is 2.57. The Kier molecular flexibility index (Phi) is 3.12. The van der Waals surface area contributed by atoms with Gasteiger partial charge in [0.25, 0.3) is 0 Å². The van der Waals surface area contributed by atoms with Gasteiger partial charge in [0.15, 0.2) is 5.78 Å². The number of fused-ring (bicyclic) bond motifs is 3. The first-order chi connectivity index (χ1) is 9.02. The average molecular weight is 262 g/mol. The highest BCUT2D eigenvalue weighted by molar-refractivity contribution is 5.92. The maximum Gasteiger partial charge on any atom is 0.168 e. The second-order valence-electron chi connectivity index (χ2n) is 7.03. The van der Waals surface area contributed by atoms with E-state index in [-0.39, 0.29) is 11.5 Å². The van der Waals surface area contributed by atoms with Crippen molar-refractivity contribution >= 4 is 5.78 Å². The van der Waals surface area contributed by atoms with Crippen LogP contribution in [0.15, 0.2) is 11.1 Å². The largest absolute Gasteiger partial charge is 0.359 e. The topological polar surface area (TPSA) is 26.3 Å². The number of carbonyl (C=O) groups is 1. The summed E-state index contributed by atoms with van der Waals surface area (Å²) in [6, 6.07) is 0. The summed E-state index contributed by atoms with van der Waals surface area (Å²) in [7, 11) is 0. The lowest BCUT2D eigenvalue weighted by Crippen LogP contribution is -2.57. The smallest absolute Gasteiger partial charge is 0.168 e. The van der Waals surface area contributed by atoms with Gasteiger partial charge in [-0.15, -0.1) is 0 Å². The van der Waals surface area contributed by atoms with Crippen molar-refractivity contribution in [2.24, 2.45) is 5.41 Å². The number of hydrogen-bond acceptors (Lipinski definition) is 2. The lowest BCUT2D eigenvalue weighted by Gasteiger charge is -2.52. The van der Waals surface area contributed by atoms with E-state index in [4.69, 9.17) is 4.74 Å². The zero-order valence-electron chi connectivity index (χ0n) is 12.6. The SMILES string of the molecule is CCCC[C@@]12O[C@@H](CCC1=O)C(C)(C)C1=C2CCC1. The summed E-state index contributed by atoms with van der Waals surface area (Å²) in [4.78, 5) is 12.6. The van der Waals surface area contributed by atoms with E-state index in [0.29, 0.717) is 12.2 Å². The molecular formula is C17H26O2. The van der Waals surface area contributed by atoms with Crippen LogP contribution in [-0.4, -0.2) is 17.5 Å². The van der Waals surface area contributed by atoms with Gasteiger partial charge in [0.1, 0.15) is 5.60 Å². The second kappa shape index (κ2) is 4.44. The van der Waals surface area contributed by atoms with E-state index in [2.05, 4.69) is 20.8 Å². The average Bonchev–Trinajstić information content (AvgIpc) is 2.88. The molecule has 0 saturated carbocycles. The maximum atomic E-state index is 12.6. The Hall–Kier alpha value is -0.630. The van der Waals surface area contributed by atoms with Crippen molar-refractivity contribution in [1.82, 2.24) is 0 Å². The predicted molar refractivity (Wildman–Crippen MR) is 76.0 cm³/mol. The number of ether oxygens (including phenoxy) is 1. The molecular weight excluding hydrogens is 236 g/mol. The van der Waals surface area contributed by atoms with E-state index >= 15 is 0 Å². The Morgan fingerprint density at radius 1 is 1.21 bits per heavy atom. The molecule has 0 amide bonds. The maximum absolute atomic E-state index is 12.6. The predicted octanol–water partition coefficient (Wildman–Crippen LogP) is 4.18. The quantitative estimate of drug-likeness (QED) is 0.713. The molecule has 1 aliphatic carbocycles. The Morgan fingerprint density at radius 3 is 2.68 bits per heavy atom. The van der Waals surface area contributed by atoms with Crippen molar-refractivity contribution in [2.75, 3.05) is 0 Å². The molecule has 0 radical (unpaired) electrons. The Balaban J connectivity index is 2.08. The molecule has 0 unspecified atom stereocenters. The second-order valence-corrected chi connectivity index (χ2v) is 7.03. The van der Waals surface area contributed by atoms with E-state index in [1.54, 1.807) is 5.57 Å². The molecule has 2 heteroatoms. The number of Topliss-reactive ketones (excluding diaryl/α,β-unsaturated/α-hetero) is 1. The number of ketones is 1. The summed E-state index contributed by atoms with van der Waals surface area (Å²) < 4.78 is 6.45. The van der Waals surface area contributed by atoms with Crippen LogP contribution in [0.25, 0.3) is 0 Å². The monoisotopic (exact) mass is 262 g/mol. The molecule has 2 heterocycles. The lowest BCUT2D eigenvalue weighted by molar-refractivity contribution is -0.176. The van der Waals surface area contributed by atoms with Crippen LogP contribution in [0.3, 0.4) is 0 Å². The number of hydrogen-bond donors (Lipinski definition) is 0. The summed E-state index contributed by atoms with van der Waals surface area (Å²) >= 11 is 0. The van der Waals surface area contributed by atoms with Crippen molar-refractivity contribution in [1.29, 1.82) is 0 Å². The number of unbranched alkanes of at least 4 members (excludes halogenated alkanes) is 1. The van der Waals surface area contributed by atoms with Crippen LogP contribution in [0.1, 0.15) is 72.1 Å². The van der Waals surface area contributed by atoms with Gasteiger partial charge >= 0.3 is 0 Å². The molecule has 2 nitrogen and oxygen atoms in total. The normalized spacial score (nSPS) is 36.6. The molecule has 0 aromatic rings. The van der Waals surface area contributed by atoms with Gasteiger partial charge in [-0.2, -0.15) is 0 Å². The van der Waals surface area contributed by atoms with E-state index < -0.39 is 5.60 Å². The molecule has 0 aromatic heterocycles. The minimum Gasteiger partial charge on any atom is -0.359 e. The third-order valence-corrected chi connectivity index (χ3v) is 5.60. The zero-order valence-corrected chi connectivity index (χ0v) is 12.6. The standard InChI is InChI=1S/C17H26O2/c1-4-5-11-17-13-8-6-7-12(13)16(2,3)15(19-17)10-9-14(17)18/h15H,4-11H2,1-3H3/t15-,17-/m0/s1. The Labute approximate surface area is 116 Å². The first-order valence-electron chi connectivity index (χ1n) is 7.96. The fraction of sp³-hybridized carbons (Fsp3) is 0.824. The van der Waals surface area contributed by atoms with Crippen LogP contribution < -0.4 is 0 Å². The third kappa shape index (κ3) is 1.75. The fourth-order valence-corrected chi connectivity index (χ4v) is 4.45. The minimum atomic E-state index is -0.514. The summed E-state index contributed by atoms with van der Waals surface area (Å²) in [6.45, 7) is 6.83. The van der Waals surface area contributed by atoms with Crippen LogP contribution in [-0.2, 0) is 9.53 Å². The fourth-order valence-electron chi connectivity index (χ4n) is 4.45. The van der Waals surface area contributed by atoms with E-state index in [1.165, 1.54) is 18.4 Å². The highest BCUT2D eigenvalue weighted by Crippen LogP contribution is 2.56. The summed E-state index contributed by atoms with van der Waals surface area (Å²) in [6.07, 6.45) is 8.50. The number of rotatable bonds is 3. The van der Waals surface area contributed by atoms with Crippen molar-refractivity contribution in [3.05, 3.63) is 11.1 Å². The van der Waals surface area contributed by atoms with Gasteiger partial charge in [-0.1, -0.05) is 39.2 Å². The van der Waals surface area contributed by atoms with Crippen LogP contribution in [0.4, 0.5) is 0 Å². The van der Waals surface area contributed by atoms with E-state index in [9.17, 15) is 4.79 Å². The highest BCUT2D eigenvalue weighted by atomic mass is 16.5. The first kappa shape index (κ1) is 13.4. The zero-order chi connectivity index (χ0) is 13.7. The molecule has 106 valence electrons. The highest BCUT2D eigenvalue weighted by Gasteiger charge is 2.57. The summed E-state index contributed by atoms with van der Waals surface area (Å²) in [5, 5.41) is 0.